The van der Waals surface area contributed by atoms with Crippen molar-refractivity contribution < 1.29 is 74.3 Å². The van der Waals surface area contributed by atoms with Crippen molar-refractivity contribution in [1.29, 1.82) is 0 Å². The molecule has 540 valence electrons. The van der Waals surface area contributed by atoms with Crippen LogP contribution in [0.3, 0.4) is 0 Å². The maximum absolute atomic E-state index is 15.0. The van der Waals surface area contributed by atoms with E-state index in [0.29, 0.717) is 25.7 Å². The van der Waals surface area contributed by atoms with Crippen molar-refractivity contribution in [3.8, 4) is 0 Å². The molecule has 7 rings (SSSR count). The van der Waals surface area contributed by atoms with E-state index in [1.165, 1.54) is 62.6 Å². The van der Waals surface area contributed by atoms with Crippen LogP contribution in [-0.4, -0.2) is 174 Å². The fraction of sp³-hybridized carbons (Fsp3) is 0.471. The van der Waals surface area contributed by atoms with Gasteiger partial charge in [-0.15, -0.1) is 0 Å². The highest BCUT2D eigenvalue weighted by Gasteiger charge is 2.38. The SMILES string of the molecule is Cc1ccc(S(=O)(=O)NC(N)=NCCC[C@@H]2NC(=O)[C@H](c3ccccc3)NC(=O)[C@H](CC(=O)OC3CCCCC3)NC(=O)CN(C)C(=O)[C@H](CCCN=C(N)NS(=O)(=O)c3ccc(C)cc3)NC(=O)[C@H](c3ccccc3)NC(=O)[C@@H](CC(=O)OC3CCCCC3)NC(=O)CN(C)C2=O)cc1. The lowest BCUT2D eigenvalue weighted by molar-refractivity contribution is -0.153. The monoisotopic (exact) mass is 1420 g/mol. The van der Waals surface area contributed by atoms with Gasteiger partial charge < -0.3 is 62.6 Å². The van der Waals surface area contributed by atoms with Crippen molar-refractivity contribution in [3.05, 3.63) is 131 Å². The van der Waals surface area contributed by atoms with Gasteiger partial charge in [-0.3, -0.25) is 57.9 Å². The van der Waals surface area contributed by atoms with Gasteiger partial charge >= 0.3 is 11.9 Å². The third-order valence-corrected chi connectivity index (χ3v) is 19.6. The first kappa shape index (κ1) is 77.4. The lowest BCUT2D eigenvalue weighted by Gasteiger charge is -2.29. The maximum Gasteiger partial charge on any atom is 0.308 e. The number of nitrogens with zero attached hydrogens (tertiary/aromatic N) is 4. The lowest BCUT2D eigenvalue weighted by Crippen LogP contribution is -2.57. The van der Waals surface area contributed by atoms with Gasteiger partial charge in [0.15, 0.2) is 0 Å². The highest BCUT2D eigenvalue weighted by atomic mass is 32.2. The third-order valence-electron chi connectivity index (χ3n) is 16.9. The van der Waals surface area contributed by atoms with Crippen molar-refractivity contribution in [2.75, 3.05) is 40.3 Å². The number of ether oxygens (including phenoxy) is 2. The van der Waals surface area contributed by atoms with E-state index in [-0.39, 0.29) is 59.7 Å². The first-order chi connectivity index (χ1) is 47.6. The zero-order valence-corrected chi connectivity index (χ0v) is 58.1. The molecule has 1 aliphatic heterocycles. The smallest absolute Gasteiger partial charge is 0.308 e. The van der Waals surface area contributed by atoms with E-state index in [4.69, 9.17) is 20.9 Å². The highest BCUT2D eigenvalue weighted by molar-refractivity contribution is 7.90. The Bertz CT molecular complexity index is 3570. The van der Waals surface area contributed by atoms with Crippen molar-refractivity contribution in [1.82, 2.24) is 51.1 Å². The van der Waals surface area contributed by atoms with Crippen molar-refractivity contribution >= 4 is 91.2 Å². The standard InChI is InChI=1S/C68H90N14O16S2/c1-43-29-33-49(34-30-43)99(93,94)79-67(69)71-37-17-27-51-65(91)81(3)41-55(83)73-54(40-58(86)98-48-25-15-8-16-26-48)62(88)78-60(46-21-11-6-12-22-46)64(90)76-52(28-18-38-72-68(70)80-100(95,96)50-35-31-44(2)32-36-50)66(92)82(4)42-56(84)74-53(39-57(85)97-47-23-13-7-14-24-47)61(87)77-59(63(89)75-51)45-19-9-5-10-20-45/h5-6,9-12,19-22,29-36,47-48,51-54,59-60H,7-8,13-18,23-28,37-42H2,1-4H3,(H,73,83)(H,74,84)(H,75,89)(H,76,90)(H,77,87)(H,78,88)(H3,69,71,79)(H3,70,72,80)/t51-,52-,53-,54+,59-,60-/m0/s1. The Morgan fingerprint density at radius 2 is 0.810 bits per heavy atom. The van der Waals surface area contributed by atoms with E-state index in [1.54, 1.807) is 74.5 Å². The normalized spacial score (nSPS) is 21.6. The molecule has 30 nitrogen and oxygen atoms in total. The van der Waals surface area contributed by atoms with Crippen LogP contribution in [0.25, 0.3) is 0 Å². The van der Waals surface area contributed by atoms with Crippen LogP contribution < -0.4 is 52.8 Å². The number of guanidine groups is 2. The molecule has 8 amide bonds. The third kappa shape index (κ3) is 24.2. The first-order valence-corrected chi connectivity index (χ1v) is 36.2. The number of carbonyl (C=O) groups excluding carboxylic acids is 10. The summed E-state index contributed by atoms with van der Waals surface area (Å²) < 4.78 is 68.5. The Morgan fingerprint density at radius 1 is 0.470 bits per heavy atom. The molecule has 2 aliphatic carbocycles. The number of hydrogen-bond donors (Lipinski definition) is 10. The second-order valence-electron chi connectivity index (χ2n) is 25.0. The Morgan fingerprint density at radius 3 is 1.15 bits per heavy atom. The number of rotatable bonds is 20. The molecule has 12 N–H and O–H groups in total. The summed E-state index contributed by atoms with van der Waals surface area (Å²) in [5.41, 5.74) is 14.0. The number of likely N-dealkylation sites (N-methyl/N-ethyl adjacent to an activating group) is 2. The molecule has 2 saturated carbocycles. The van der Waals surface area contributed by atoms with Gasteiger partial charge in [0.2, 0.25) is 59.2 Å². The van der Waals surface area contributed by atoms with Gasteiger partial charge in [0.1, 0.15) is 48.5 Å². The summed E-state index contributed by atoms with van der Waals surface area (Å²) in [5.74, 6) is -10.8. The molecule has 0 unspecified atom stereocenters. The zero-order valence-electron chi connectivity index (χ0n) is 56.4. The van der Waals surface area contributed by atoms with Gasteiger partial charge in [0.05, 0.1) is 35.7 Å². The second kappa shape index (κ2) is 37.3. The van der Waals surface area contributed by atoms with E-state index >= 15 is 0 Å². The average molecular weight is 1420 g/mol. The van der Waals surface area contributed by atoms with E-state index < -0.39 is 166 Å². The van der Waals surface area contributed by atoms with Crippen LogP contribution in [0.2, 0.25) is 0 Å². The Hall–Kier alpha value is -9.98. The average Bonchev–Trinajstić information content (AvgIpc) is 0.853. The largest absolute Gasteiger partial charge is 0.462 e. The van der Waals surface area contributed by atoms with Crippen LogP contribution in [0.4, 0.5) is 0 Å². The summed E-state index contributed by atoms with van der Waals surface area (Å²) in [7, 11) is -5.93. The molecule has 1 saturated heterocycles. The molecule has 32 heteroatoms. The predicted octanol–water partition coefficient (Wildman–Crippen LogP) is 1.87. The molecule has 100 heavy (non-hydrogen) atoms. The molecule has 3 aliphatic rings. The summed E-state index contributed by atoms with van der Waals surface area (Å²) in [6.07, 6.45) is 3.89. The van der Waals surface area contributed by atoms with Gasteiger partial charge in [0.25, 0.3) is 20.0 Å². The molecule has 6 atom stereocenters. The molecule has 4 aromatic carbocycles. The summed E-state index contributed by atoms with van der Waals surface area (Å²) in [6.45, 7) is 1.44. The molecule has 0 spiro atoms. The summed E-state index contributed by atoms with van der Waals surface area (Å²) in [4.78, 5) is 156. The minimum Gasteiger partial charge on any atom is -0.462 e. The van der Waals surface area contributed by atoms with Crippen LogP contribution in [-0.2, 0) is 77.5 Å². The van der Waals surface area contributed by atoms with Gasteiger partial charge in [-0.1, -0.05) is 109 Å². The fourth-order valence-electron chi connectivity index (χ4n) is 11.5. The number of nitrogens with two attached hydrogens (primary N) is 2. The number of nitrogens with one attached hydrogen (secondary N) is 8. The van der Waals surface area contributed by atoms with Crippen LogP contribution in [0.15, 0.2) is 129 Å². The predicted molar refractivity (Wildman–Crippen MR) is 367 cm³/mol. The van der Waals surface area contributed by atoms with Crippen molar-refractivity contribution in [3.63, 3.8) is 0 Å². The molecular formula is C68H90N14O16S2. The molecule has 3 fully saturated rings. The topological polar surface area (TPSA) is 437 Å². The summed E-state index contributed by atoms with van der Waals surface area (Å²) in [6, 6.07) is 17.2. The van der Waals surface area contributed by atoms with Crippen molar-refractivity contribution in [2.45, 2.75) is 175 Å². The van der Waals surface area contributed by atoms with Crippen LogP contribution in [0.1, 0.15) is 137 Å². The fourth-order valence-corrected chi connectivity index (χ4v) is 13.4. The van der Waals surface area contributed by atoms with Gasteiger partial charge in [-0.2, -0.15) is 0 Å². The van der Waals surface area contributed by atoms with E-state index in [2.05, 4.69) is 51.3 Å². The molecule has 0 bridgehead atoms. The number of benzene rings is 4. The summed E-state index contributed by atoms with van der Waals surface area (Å²) >= 11 is 0. The molecule has 1 heterocycles. The van der Waals surface area contributed by atoms with Crippen LogP contribution in [0.5, 0.6) is 0 Å². The van der Waals surface area contributed by atoms with Crippen molar-refractivity contribution in [2.24, 2.45) is 21.5 Å². The number of sulfonamides is 2. The van der Waals surface area contributed by atoms with Crippen LogP contribution in [0, 0.1) is 13.8 Å². The van der Waals surface area contributed by atoms with E-state index in [0.717, 1.165) is 59.5 Å². The zero-order chi connectivity index (χ0) is 72.5. The van der Waals surface area contributed by atoms with Gasteiger partial charge in [0, 0.05) is 27.2 Å². The quantitative estimate of drug-likeness (QED) is 0.0261. The maximum atomic E-state index is 15.0. The van der Waals surface area contributed by atoms with E-state index in [9.17, 15) is 64.8 Å². The molecular weight excluding hydrogens is 1330 g/mol. The number of aliphatic imine (C=N–C) groups is 2. The van der Waals surface area contributed by atoms with Gasteiger partial charge in [-0.25, -0.2) is 26.3 Å². The summed E-state index contributed by atoms with van der Waals surface area (Å²) in [5, 5.41) is 15.6. The minimum atomic E-state index is -4.18. The number of esters is 2. The molecule has 4 aromatic rings. The minimum absolute atomic E-state index is 0.0759. The number of hydrogen-bond acceptors (Lipinski definition) is 18. The molecule has 0 aromatic heterocycles. The number of carbonyl (C=O) groups is 10. The Kier molecular flexibility index (Phi) is 28.8. The Balaban J connectivity index is 1.24. The molecule has 0 radical (unpaired) electrons. The van der Waals surface area contributed by atoms with Gasteiger partial charge in [-0.05, 0) is 126 Å². The second-order valence-corrected chi connectivity index (χ2v) is 28.4. The highest BCUT2D eigenvalue weighted by Crippen LogP contribution is 2.24. The Labute approximate surface area is 581 Å². The van der Waals surface area contributed by atoms with Crippen LogP contribution >= 0.6 is 0 Å². The van der Waals surface area contributed by atoms with E-state index in [1.807, 2.05) is 0 Å². The number of amides is 8. The lowest BCUT2D eigenvalue weighted by atomic mass is 9.98. The first-order valence-electron chi connectivity index (χ1n) is 33.2. The number of aryl methyl sites for hydroxylation is 2.